The fraction of sp³-hybridized carbons (Fsp3) is 0.467. The van der Waals surface area contributed by atoms with Crippen molar-refractivity contribution in [1.29, 1.82) is 0 Å². The minimum absolute atomic E-state index is 0.139. The smallest absolute Gasteiger partial charge is 0.269 e. The van der Waals surface area contributed by atoms with Crippen LogP contribution >= 0.6 is 0 Å². The number of nitrogens with one attached hydrogen (secondary N) is 1. The van der Waals surface area contributed by atoms with E-state index < -0.39 is 0 Å². The summed E-state index contributed by atoms with van der Waals surface area (Å²) in [4.78, 5) is 10.2. The first-order chi connectivity index (χ1) is 10.7. The first-order valence-electron chi connectivity index (χ1n) is 7.46. The van der Waals surface area contributed by atoms with E-state index >= 15 is 0 Å². The molecule has 1 aromatic heterocycles. The van der Waals surface area contributed by atoms with Crippen LogP contribution in [0.25, 0.3) is 0 Å². The molecular formula is C15H21N5O2. The predicted octanol–water partition coefficient (Wildman–Crippen LogP) is 1.97. The van der Waals surface area contributed by atoms with Gasteiger partial charge in [-0.1, -0.05) is 17.3 Å². The van der Waals surface area contributed by atoms with Crippen LogP contribution < -0.4 is 5.32 Å². The van der Waals surface area contributed by atoms with Gasteiger partial charge in [-0.3, -0.25) is 14.8 Å². The Balaban J connectivity index is 1.70. The Morgan fingerprint density at radius 1 is 1.23 bits per heavy atom. The van der Waals surface area contributed by atoms with Crippen LogP contribution in [-0.4, -0.2) is 33.5 Å². The highest BCUT2D eigenvalue weighted by Gasteiger charge is 2.04. The number of nitro groups is 1. The normalized spacial score (nSPS) is 10.8. The first-order valence-corrected chi connectivity index (χ1v) is 7.46. The summed E-state index contributed by atoms with van der Waals surface area (Å²) in [7, 11) is 1.92. The van der Waals surface area contributed by atoms with Crippen molar-refractivity contribution in [2.45, 2.75) is 32.2 Å². The van der Waals surface area contributed by atoms with Crippen LogP contribution in [0.15, 0.2) is 30.5 Å². The highest BCUT2D eigenvalue weighted by atomic mass is 16.6. The van der Waals surface area contributed by atoms with Crippen LogP contribution in [0.5, 0.6) is 0 Å². The second kappa shape index (κ2) is 8.23. The number of nitro benzene ring substituents is 1. The van der Waals surface area contributed by atoms with Gasteiger partial charge in [-0.25, -0.2) is 0 Å². The predicted molar refractivity (Wildman–Crippen MR) is 83.7 cm³/mol. The van der Waals surface area contributed by atoms with E-state index in [1.54, 1.807) is 12.1 Å². The third-order valence-corrected chi connectivity index (χ3v) is 3.47. The molecule has 1 heterocycles. The Labute approximate surface area is 129 Å². The molecule has 1 aromatic carbocycles. The van der Waals surface area contributed by atoms with Crippen LogP contribution in [0.3, 0.4) is 0 Å². The number of hydrogen-bond donors (Lipinski definition) is 1. The highest BCUT2D eigenvalue weighted by molar-refractivity contribution is 5.32. The lowest BCUT2D eigenvalue weighted by atomic mass is 10.1. The van der Waals surface area contributed by atoms with Gasteiger partial charge in [0.2, 0.25) is 0 Å². The van der Waals surface area contributed by atoms with E-state index in [4.69, 9.17) is 0 Å². The Hall–Kier alpha value is -2.28. The van der Waals surface area contributed by atoms with Crippen molar-refractivity contribution >= 4 is 5.69 Å². The molecule has 0 atom stereocenters. The summed E-state index contributed by atoms with van der Waals surface area (Å²) in [6.07, 6.45) is 5.82. The fourth-order valence-electron chi connectivity index (χ4n) is 2.20. The molecule has 2 rings (SSSR count). The second-order valence-corrected chi connectivity index (χ2v) is 5.21. The third kappa shape index (κ3) is 4.92. The van der Waals surface area contributed by atoms with Gasteiger partial charge in [0.15, 0.2) is 0 Å². The summed E-state index contributed by atoms with van der Waals surface area (Å²) in [5.41, 5.74) is 2.27. The maximum atomic E-state index is 10.6. The molecule has 0 aliphatic heterocycles. The molecule has 0 aliphatic rings. The fourth-order valence-corrected chi connectivity index (χ4v) is 2.20. The number of non-ortho nitro benzene ring substituents is 1. The van der Waals surface area contributed by atoms with Crippen molar-refractivity contribution in [3.05, 3.63) is 51.8 Å². The Bertz CT molecular complexity index is 594. The van der Waals surface area contributed by atoms with E-state index in [-0.39, 0.29) is 10.6 Å². The van der Waals surface area contributed by atoms with Gasteiger partial charge in [0.05, 0.1) is 10.6 Å². The van der Waals surface area contributed by atoms with Gasteiger partial charge in [0, 0.05) is 37.8 Å². The summed E-state index contributed by atoms with van der Waals surface area (Å²) < 4.78 is 1.88. The van der Waals surface area contributed by atoms with Gasteiger partial charge >= 0.3 is 0 Å². The van der Waals surface area contributed by atoms with Crippen molar-refractivity contribution in [1.82, 2.24) is 20.3 Å². The van der Waals surface area contributed by atoms with Crippen LogP contribution in [0.1, 0.15) is 24.1 Å². The Morgan fingerprint density at radius 2 is 2.00 bits per heavy atom. The number of benzene rings is 1. The largest absolute Gasteiger partial charge is 0.319 e. The molecule has 0 spiro atoms. The number of aryl methyl sites for hydroxylation is 2. The third-order valence-electron chi connectivity index (χ3n) is 3.47. The SMILES string of the molecule is CNCCc1cn(CCCCc2ccc([N+](=O)[O-])cc2)nn1. The number of likely N-dealkylation sites (N-methyl/N-ethyl adjacent to an activating group) is 1. The lowest BCUT2D eigenvalue weighted by Crippen LogP contribution is -2.10. The quantitative estimate of drug-likeness (QED) is 0.435. The highest BCUT2D eigenvalue weighted by Crippen LogP contribution is 2.13. The summed E-state index contributed by atoms with van der Waals surface area (Å²) in [5.74, 6) is 0. The number of rotatable bonds is 9. The molecule has 0 saturated carbocycles. The van der Waals surface area contributed by atoms with Crippen LogP contribution in [0.4, 0.5) is 5.69 Å². The van der Waals surface area contributed by atoms with Gasteiger partial charge in [0.25, 0.3) is 5.69 Å². The first kappa shape index (κ1) is 16.1. The summed E-state index contributed by atoms with van der Waals surface area (Å²) in [6, 6.07) is 6.76. The van der Waals surface area contributed by atoms with E-state index in [0.717, 1.165) is 50.0 Å². The molecule has 0 aliphatic carbocycles. The van der Waals surface area contributed by atoms with Gasteiger partial charge in [-0.15, -0.1) is 5.10 Å². The second-order valence-electron chi connectivity index (χ2n) is 5.21. The molecule has 7 heteroatoms. The lowest BCUT2D eigenvalue weighted by Gasteiger charge is -2.02. The minimum atomic E-state index is -0.375. The van der Waals surface area contributed by atoms with Crippen LogP contribution in [0.2, 0.25) is 0 Å². The van der Waals surface area contributed by atoms with Crippen molar-refractivity contribution in [2.24, 2.45) is 0 Å². The topological polar surface area (TPSA) is 85.9 Å². The summed E-state index contributed by atoms with van der Waals surface area (Å²) in [6.45, 7) is 1.75. The molecule has 118 valence electrons. The maximum absolute atomic E-state index is 10.6. The molecule has 7 nitrogen and oxygen atoms in total. The van der Waals surface area contributed by atoms with Crippen molar-refractivity contribution in [3.63, 3.8) is 0 Å². The average Bonchev–Trinajstić information content (AvgIpc) is 2.98. The van der Waals surface area contributed by atoms with Gasteiger partial charge < -0.3 is 5.32 Å². The molecule has 2 aromatic rings. The molecule has 0 saturated heterocycles. The maximum Gasteiger partial charge on any atom is 0.269 e. The van der Waals surface area contributed by atoms with Crippen LogP contribution in [-0.2, 0) is 19.4 Å². The molecule has 0 amide bonds. The number of unbranched alkanes of at least 4 members (excludes halogenated alkanes) is 1. The van der Waals surface area contributed by atoms with Gasteiger partial charge in [-0.05, 0) is 31.9 Å². The summed E-state index contributed by atoms with van der Waals surface area (Å²) >= 11 is 0. The summed E-state index contributed by atoms with van der Waals surface area (Å²) in [5, 5.41) is 21.9. The van der Waals surface area contributed by atoms with Crippen LogP contribution in [0, 0.1) is 10.1 Å². The van der Waals surface area contributed by atoms with Gasteiger partial charge in [-0.2, -0.15) is 0 Å². The standard InChI is InChI=1S/C15H21N5O2/c1-16-10-9-14-12-19(18-17-14)11-3-2-4-13-5-7-15(8-6-13)20(21)22/h5-8,12,16H,2-4,9-11H2,1H3. The van der Waals surface area contributed by atoms with E-state index in [9.17, 15) is 10.1 Å². The van der Waals surface area contributed by atoms with E-state index in [1.807, 2.05) is 30.1 Å². The molecule has 0 radical (unpaired) electrons. The number of hydrogen-bond acceptors (Lipinski definition) is 5. The van der Waals surface area contributed by atoms with E-state index in [1.165, 1.54) is 0 Å². The lowest BCUT2D eigenvalue weighted by molar-refractivity contribution is -0.384. The molecule has 0 unspecified atom stereocenters. The van der Waals surface area contributed by atoms with E-state index in [2.05, 4.69) is 15.6 Å². The van der Waals surface area contributed by atoms with E-state index in [0.29, 0.717) is 0 Å². The zero-order valence-electron chi connectivity index (χ0n) is 12.7. The Kier molecular flexibility index (Phi) is 6.02. The number of aromatic nitrogens is 3. The minimum Gasteiger partial charge on any atom is -0.319 e. The molecule has 0 bridgehead atoms. The van der Waals surface area contributed by atoms with Crippen molar-refractivity contribution in [2.75, 3.05) is 13.6 Å². The van der Waals surface area contributed by atoms with Crippen molar-refractivity contribution < 1.29 is 4.92 Å². The number of nitrogens with zero attached hydrogens (tertiary/aromatic N) is 4. The molecule has 1 N–H and O–H groups in total. The monoisotopic (exact) mass is 303 g/mol. The Morgan fingerprint density at radius 3 is 2.68 bits per heavy atom. The zero-order chi connectivity index (χ0) is 15.8. The molecule has 0 fully saturated rings. The molecule has 22 heavy (non-hydrogen) atoms. The van der Waals surface area contributed by atoms with Gasteiger partial charge in [0.1, 0.15) is 0 Å². The zero-order valence-corrected chi connectivity index (χ0v) is 12.7. The van der Waals surface area contributed by atoms with Crippen molar-refractivity contribution in [3.8, 4) is 0 Å². The average molecular weight is 303 g/mol. The molecular weight excluding hydrogens is 282 g/mol.